The summed E-state index contributed by atoms with van der Waals surface area (Å²) in [5, 5.41) is 10.1. The molecule has 2 aromatic rings. The molecule has 2 N–H and O–H groups in total. The van der Waals surface area contributed by atoms with Crippen molar-refractivity contribution in [3.8, 4) is 0 Å². The summed E-state index contributed by atoms with van der Waals surface area (Å²) in [5.74, 6) is 0.704. The van der Waals surface area contributed by atoms with Crippen molar-refractivity contribution in [1.29, 1.82) is 0 Å². The van der Waals surface area contributed by atoms with Gasteiger partial charge in [-0.25, -0.2) is 9.97 Å². The van der Waals surface area contributed by atoms with Gasteiger partial charge in [0.05, 0.1) is 12.5 Å². The van der Waals surface area contributed by atoms with Crippen molar-refractivity contribution in [2.75, 3.05) is 18.4 Å². The fraction of sp³-hybridized carbons (Fsp3) is 0.429. The third kappa shape index (κ3) is 4.55. The van der Waals surface area contributed by atoms with Gasteiger partial charge in [-0.1, -0.05) is 13.0 Å². The zero-order valence-electron chi connectivity index (χ0n) is 12.3. The summed E-state index contributed by atoms with van der Waals surface area (Å²) in [7, 11) is 0. The number of aryl methyl sites for hydroxylation is 1. The van der Waals surface area contributed by atoms with E-state index in [-0.39, 0.29) is 11.8 Å². The van der Waals surface area contributed by atoms with Crippen molar-refractivity contribution in [2.24, 2.45) is 5.92 Å². The molecular formula is C14H20N6O. The summed E-state index contributed by atoms with van der Waals surface area (Å²) in [5.41, 5.74) is 1.09. The number of hydrogen-bond donors (Lipinski definition) is 2. The van der Waals surface area contributed by atoms with E-state index >= 15 is 0 Å². The summed E-state index contributed by atoms with van der Waals surface area (Å²) >= 11 is 0. The Labute approximate surface area is 123 Å². The molecule has 0 bridgehead atoms. The molecule has 2 aromatic heterocycles. The molecule has 112 valence electrons. The minimum Gasteiger partial charge on any atom is -0.368 e. The predicted molar refractivity (Wildman–Crippen MR) is 79.7 cm³/mol. The van der Waals surface area contributed by atoms with Gasteiger partial charge >= 0.3 is 0 Å². The van der Waals surface area contributed by atoms with Crippen molar-refractivity contribution in [1.82, 2.24) is 25.1 Å². The van der Waals surface area contributed by atoms with Crippen molar-refractivity contribution >= 4 is 11.7 Å². The van der Waals surface area contributed by atoms with Crippen LogP contribution >= 0.6 is 0 Å². The standard InChI is InChI=1S/C14H20N6O/c1-11-4-3-5-16-13(11)17-6-7-18-14(21)12(2)8-20-10-15-9-19-20/h3-5,9-10,12H,6-8H2,1-2H3,(H,16,17)(H,18,21)/t12-/m0/s1. The van der Waals surface area contributed by atoms with Gasteiger partial charge in [0.1, 0.15) is 18.5 Å². The number of aromatic nitrogens is 4. The predicted octanol–water partition coefficient (Wildman–Crippen LogP) is 0.846. The monoisotopic (exact) mass is 288 g/mol. The largest absolute Gasteiger partial charge is 0.368 e. The summed E-state index contributed by atoms with van der Waals surface area (Å²) in [6.07, 6.45) is 4.81. The SMILES string of the molecule is Cc1cccnc1NCCNC(=O)[C@@H](C)Cn1cncn1. The van der Waals surface area contributed by atoms with Gasteiger partial charge in [0, 0.05) is 19.3 Å². The summed E-state index contributed by atoms with van der Waals surface area (Å²) in [6.45, 7) is 5.58. The highest BCUT2D eigenvalue weighted by Gasteiger charge is 2.13. The Morgan fingerprint density at radius 3 is 3.00 bits per heavy atom. The molecule has 1 amide bonds. The highest BCUT2D eigenvalue weighted by atomic mass is 16.1. The average molecular weight is 288 g/mol. The van der Waals surface area contributed by atoms with Gasteiger partial charge in [0.2, 0.25) is 5.91 Å². The summed E-state index contributed by atoms with van der Waals surface area (Å²) in [4.78, 5) is 20.0. The van der Waals surface area contributed by atoms with Crippen LogP contribution in [0.2, 0.25) is 0 Å². The molecule has 0 aliphatic carbocycles. The zero-order chi connectivity index (χ0) is 15.1. The Hall–Kier alpha value is -2.44. The number of carbonyl (C=O) groups excluding carboxylic acids is 1. The molecule has 7 heteroatoms. The van der Waals surface area contributed by atoms with Crippen LogP contribution in [0.25, 0.3) is 0 Å². The highest BCUT2D eigenvalue weighted by Crippen LogP contribution is 2.07. The number of hydrogen-bond acceptors (Lipinski definition) is 5. The van der Waals surface area contributed by atoms with Crippen molar-refractivity contribution < 1.29 is 4.79 Å². The molecule has 0 aliphatic rings. The number of nitrogens with one attached hydrogen (secondary N) is 2. The topological polar surface area (TPSA) is 84.7 Å². The molecule has 0 unspecified atom stereocenters. The van der Waals surface area contributed by atoms with Gasteiger partial charge < -0.3 is 10.6 Å². The Kier molecular flexibility index (Phi) is 5.25. The van der Waals surface area contributed by atoms with Crippen molar-refractivity contribution in [3.63, 3.8) is 0 Å². The second-order valence-electron chi connectivity index (χ2n) is 4.91. The number of anilines is 1. The first-order valence-electron chi connectivity index (χ1n) is 6.92. The number of nitrogens with zero attached hydrogens (tertiary/aromatic N) is 4. The molecule has 0 fully saturated rings. The Balaban J connectivity index is 1.68. The van der Waals surface area contributed by atoms with Crippen LogP contribution < -0.4 is 10.6 Å². The van der Waals surface area contributed by atoms with Gasteiger partial charge in [-0.3, -0.25) is 9.48 Å². The number of carbonyl (C=O) groups is 1. The van der Waals surface area contributed by atoms with Crippen LogP contribution in [0.3, 0.4) is 0 Å². The van der Waals surface area contributed by atoms with Gasteiger partial charge in [0.15, 0.2) is 0 Å². The number of pyridine rings is 1. The number of rotatable bonds is 7. The first-order valence-corrected chi connectivity index (χ1v) is 6.92. The normalized spacial score (nSPS) is 11.9. The van der Waals surface area contributed by atoms with E-state index in [1.165, 1.54) is 6.33 Å². The first kappa shape index (κ1) is 15.0. The van der Waals surface area contributed by atoms with Gasteiger partial charge in [-0.2, -0.15) is 5.10 Å². The first-order chi connectivity index (χ1) is 10.2. The Morgan fingerprint density at radius 1 is 1.43 bits per heavy atom. The highest BCUT2D eigenvalue weighted by molar-refractivity contribution is 5.78. The van der Waals surface area contributed by atoms with E-state index < -0.39 is 0 Å². The second-order valence-corrected chi connectivity index (χ2v) is 4.91. The van der Waals surface area contributed by atoms with E-state index in [0.29, 0.717) is 19.6 Å². The molecule has 21 heavy (non-hydrogen) atoms. The maximum atomic E-state index is 11.9. The Bertz CT molecular complexity index is 569. The van der Waals surface area contributed by atoms with Crippen LogP contribution in [0.4, 0.5) is 5.82 Å². The van der Waals surface area contributed by atoms with Gasteiger partial charge in [0.25, 0.3) is 0 Å². The lowest BCUT2D eigenvalue weighted by atomic mass is 10.1. The Morgan fingerprint density at radius 2 is 2.29 bits per heavy atom. The molecule has 0 aromatic carbocycles. The third-order valence-electron chi connectivity index (χ3n) is 3.10. The van der Waals surface area contributed by atoms with Crippen LogP contribution in [-0.4, -0.2) is 38.7 Å². The summed E-state index contributed by atoms with van der Waals surface area (Å²) in [6, 6.07) is 3.89. The molecule has 1 atom stereocenters. The van der Waals surface area contributed by atoms with Crippen LogP contribution in [-0.2, 0) is 11.3 Å². The van der Waals surface area contributed by atoms with E-state index in [9.17, 15) is 4.79 Å². The maximum absolute atomic E-state index is 11.9. The zero-order valence-corrected chi connectivity index (χ0v) is 12.3. The minimum absolute atomic E-state index is 0.00467. The fourth-order valence-corrected chi connectivity index (χ4v) is 1.90. The van der Waals surface area contributed by atoms with Gasteiger partial charge in [-0.05, 0) is 18.6 Å². The van der Waals surface area contributed by atoms with E-state index in [4.69, 9.17) is 0 Å². The maximum Gasteiger partial charge on any atom is 0.224 e. The smallest absolute Gasteiger partial charge is 0.224 e. The number of amides is 1. The molecular weight excluding hydrogens is 268 g/mol. The molecule has 7 nitrogen and oxygen atoms in total. The minimum atomic E-state index is -0.150. The van der Waals surface area contributed by atoms with Crippen LogP contribution in [0.5, 0.6) is 0 Å². The molecule has 0 aliphatic heterocycles. The lowest BCUT2D eigenvalue weighted by Gasteiger charge is -2.13. The van der Waals surface area contributed by atoms with Crippen LogP contribution in [0.15, 0.2) is 31.0 Å². The quantitative estimate of drug-likeness (QED) is 0.738. The van der Waals surface area contributed by atoms with Gasteiger partial charge in [-0.15, -0.1) is 0 Å². The molecule has 0 radical (unpaired) electrons. The lowest BCUT2D eigenvalue weighted by Crippen LogP contribution is -2.34. The molecule has 2 rings (SSSR count). The molecule has 0 spiro atoms. The second kappa shape index (κ2) is 7.37. The lowest BCUT2D eigenvalue weighted by molar-refractivity contribution is -0.124. The van der Waals surface area contributed by atoms with E-state index in [1.54, 1.807) is 17.2 Å². The van der Waals surface area contributed by atoms with E-state index in [2.05, 4.69) is 25.7 Å². The fourth-order valence-electron chi connectivity index (χ4n) is 1.90. The summed E-state index contributed by atoms with van der Waals surface area (Å²) < 4.78 is 1.65. The van der Waals surface area contributed by atoms with Crippen molar-refractivity contribution in [2.45, 2.75) is 20.4 Å². The van der Waals surface area contributed by atoms with E-state index in [1.807, 2.05) is 26.0 Å². The average Bonchev–Trinajstić information content (AvgIpc) is 2.98. The third-order valence-corrected chi connectivity index (χ3v) is 3.10. The molecule has 0 saturated carbocycles. The molecule has 0 saturated heterocycles. The molecule has 2 heterocycles. The van der Waals surface area contributed by atoms with E-state index in [0.717, 1.165) is 11.4 Å². The van der Waals surface area contributed by atoms with Crippen molar-refractivity contribution in [3.05, 3.63) is 36.5 Å². The van der Waals surface area contributed by atoms with Crippen LogP contribution in [0.1, 0.15) is 12.5 Å². The van der Waals surface area contributed by atoms with Crippen LogP contribution in [0, 0.1) is 12.8 Å².